The number of hydrogen-bond acceptors (Lipinski definition) is 13. The largest absolute Gasteiger partial charge is 0.465 e. The highest BCUT2D eigenvalue weighted by molar-refractivity contribution is 5.71. The molecule has 0 aromatic rings. The van der Waals surface area contributed by atoms with Crippen LogP contribution in [0.15, 0.2) is 0 Å². The number of cyclic esters (lactones) is 1. The second-order valence-corrected chi connectivity index (χ2v) is 19.1. The van der Waals surface area contributed by atoms with Crippen molar-refractivity contribution in [2.24, 2.45) is 40.4 Å². The molecular weight excluding hydrogens is 700 g/mol. The molecule has 54 heavy (non-hydrogen) atoms. The zero-order valence-electron chi connectivity index (χ0n) is 32.8. The van der Waals surface area contributed by atoms with E-state index in [1.165, 1.54) is 0 Å². The first-order valence-electron chi connectivity index (χ1n) is 21.1. The molecule has 0 aromatic heterocycles. The van der Waals surface area contributed by atoms with Crippen LogP contribution >= 0.6 is 0 Å². The van der Waals surface area contributed by atoms with E-state index in [4.69, 9.17) is 33.2 Å². The van der Waals surface area contributed by atoms with Gasteiger partial charge in [-0.25, -0.2) is 0 Å². The molecule has 8 rings (SSSR count). The van der Waals surface area contributed by atoms with Crippen LogP contribution in [0, 0.1) is 40.4 Å². The van der Waals surface area contributed by atoms with Gasteiger partial charge < -0.3 is 58.7 Å². The van der Waals surface area contributed by atoms with Gasteiger partial charge >= 0.3 is 5.97 Å². The molecule has 8 aliphatic rings. The Hall–Kier alpha value is -0.970. The van der Waals surface area contributed by atoms with Crippen LogP contribution in [0.1, 0.15) is 118 Å². The molecule has 0 radical (unpaired) electrons. The lowest BCUT2D eigenvalue weighted by atomic mass is 9.43. The Balaban J connectivity index is 0.823. The molecule has 0 aromatic carbocycles. The Morgan fingerprint density at radius 3 is 1.83 bits per heavy atom. The van der Waals surface area contributed by atoms with Crippen LogP contribution in [-0.4, -0.2) is 124 Å². The zero-order chi connectivity index (χ0) is 38.3. The lowest BCUT2D eigenvalue weighted by Crippen LogP contribution is -2.62. The van der Waals surface area contributed by atoms with Crippen LogP contribution in [0.5, 0.6) is 0 Å². The molecule has 4 saturated heterocycles. The summed E-state index contributed by atoms with van der Waals surface area (Å²) < 4.78 is 42.3. The molecule has 4 aliphatic heterocycles. The molecule has 308 valence electrons. The van der Waals surface area contributed by atoms with E-state index in [0.29, 0.717) is 30.8 Å². The summed E-state index contributed by atoms with van der Waals surface area (Å²) >= 11 is 0. The molecule has 4 aliphatic carbocycles. The Morgan fingerprint density at radius 1 is 0.648 bits per heavy atom. The second-order valence-electron chi connectivity index (χ2n) is 19.1. The number of aliphatic hydroxyl groups is 5. The maximum Gasteiger partial charge on any atom is 0.306 e. The van der Waals surface area contributed by atoms with Crippen molar-refractivity contribution in [1.82, 2.24) is 0 Å². The summed E-state index contributed by atoms with van der Waals surface area (Å²) in [5.41, 5.74) is -0.728. The molecule has 13 heteroatoms. The number of hydrogen-bond donors (Lipinski definition) is 5. The van der Waals surface area contributed by atoms with E-state index in [2.05, 4.69) is 13.8 Å². The van der Waals surface area contributed by atoms with Crippen LogP contribution in [0.25, 0.3) is 0 Å². The lowest BCUT2D eigenvalue weighted by molar-refractivity contribution is -0.336. The summed E-state index contributed by atoms with van der Waals surface area (Å²) in [6, 6.07) is 0. The minimum atomic E-state index is -0.994. The fraction of sp³-hybridized carbons (Fsp3) is 0.976. The molecule has 0 spiro atoms. The first-order chi connectivity index (χ1) is 25.6. The molecule has 1 unspecified atom stereocenters. The molecule has 8 fully saturated rings. The van der Waals surface area contributed by atoms with Crippen LogP contribution in [0.4, 0.5) is 0 Å². The predicted molar refractivity (Wildman–Crippen MR) is 191 cm³/mol. The Labute approximate surface area is 319 Å². The predicted octanol–water partition coefficient (Wildman–Crippen LogP) is 3.33. The normalized spacial score (nSPS) is 56.4. The summed E-state index contributed by atoms with van der Waals surface area (Å²) in [5.74, 6) is 1.72. The molecule has 0 amide bonds. The van der Waals surface area contributed by atoms with Crippen molar-refractivity contribution in [3.8, 4) is 0 Å². The van der Waals surface area contributed by atoms with Gasteiger partial charge in [-0.1, -0.05) is 13.8 Å². The summed E-state index contributed by atoms with van der Waals surface area (Å²) in [7, 11) is 0. The first-order valence-corrected chi connectivity index (χ1v) is 21.1. The third-order valence-electron chi connectivity index (χ3n) is 16.3. The monoisotopic (exact) mass is 766 g/mol. The van der Waals surface area contributed by atoms with Gasteiger partial charge in [0.15, 0.2) is 18.9 Å². The van der Waals surface area contributed by atoms with E-state index >= 15 is 0 Å². The summed E-state index contributed by atoms with van der Waals surface area (Å²) in [4.78, 5) is 12.0. The van der Waals surface area contributed by atoms with E-state index in [1.807, 2.05) is 6.92 Å². The minimum absolute atomic E-state index is 0.0318. The van der Waals surface area contributed by atoms with Crippen molar-refractivity contribution < 1.29 is 63.5 Å². The molecule has 21 atom stereocenters. The first kappa shape index (κ1) is 39.8. The van der Waals surface area contributed by atoms with Gasteiger partial charge in [-0.15, -0.1) is 0 Å². The van der Waals surface area contributed by atoms with E-state index < -0.39 is 79.4 Å². The van der Waals surface area contributed by atoms with Crippen LogP contribution < -0.4 is 0 Å². The number of rotatable bonds is 7. The number of carbonyl (C=O) groups is 1. The number of aliphatic hydroxyl groups excluding tert-OH is 4. The average molecular weight is 767 g/mol. The number of esters is 1. The zero-order valence-corrected chi connectivity index (χ0v) is 32.8. The van der Waals surface area contributed by atoms with Crippen LogP contribution in [-0.2, 0) is 38.0 Å². The molecule has 4 saturated carbocycles. The number of carbonyl (C=O) groups excluding carboxylic acids is 1. The fourth-order valence-corrected chi connectivity index (χ4v) is 13.2. The summed E-state index contributed by atoms with van der Waals surface area (Å²) in [5, 5.41) is 55.0. The van der Waals surface area contributed by atoms with Gasteiger partial charge in [-0.05, 0) is 113 Å². The smallest absolute Gasteiger partial charge is 0.306 e. The van der Waals surface area contributed by atoms with Gasteiger partial charge in [0.25, 0.3) is 0 Å². The maximum atomic E-state index is 12.6. The van der Waals surface area contributed by atoms with Crippen molar-refractivity contribution in [3.63, 3.8) is 0 Å². The van der Waals surface area contributed by atoms with Gasteiger partial charge in [0.1, 0.15) is 18.3 Å². The van der Waals surface area contributed by atoms with Crippen molar-refractivity contribution in [3.05, 3.63) is 0 Å². The lowest BCUT2D eigenvalue weighted by Gasteiger charge is -2.64. The highest BCUT2D eigenvalue weighted by Crippen LogP contribution is 2.70. The highest BCUT2D eigenvalue weighted by atomic mass is 16.7. The number of fused-ring (bicyclic) bond motifs is 5. The van der Waals surface area contributed by atoms with E-state index in [0.717, 1.165) is 57.8 Å². The van der Waals surface area contributed by atoms with Gasteiger partial charge in [0.05, 0.1) is 61.4 Å². The number of ether oxygens (including phenoxy) is 7. The Morgan fingerprint density at radius 2 is 1.24 bits per heavy atom. The summed E-state index contributed by atoms with van der Waals surface area (Å²) in [6.45, 7) is 10.6. The highest BCUT2D eigenvalue weighted by Gasteiger charge is 2.68. The standard InChI is InChI=1S/C41H66O13/c1-20-36(46)29(42)16-34(49-20)53-38-22(3)51-35(18-31(38)44)54-37-21(2)50-33(17-30(37)43)52-25-8-11-39(4)24(15-25)6-7-28-27(39)9-12-40(5)26(10-13-41(28,40)47)23-14-32(45)48-19-23/h20-31,33-38,42-44,46-47H,6-19H2,1-5H3/t20-,21?,22-,23+,24-,25+,26-,27+,28-,29+,30+,31+,33+,34+,35+,36-,37-,38-,39+,40-,41+/m1/s1. The van der Waals surface area contributed by atoms with Gasteiger partial charge in [-0.2, -0.15) is 0 Å². The maximum absolute atomic E-state index is 12.6. The third-order valence-corrected chi connectivity index (χ3v) is 16.3. The SMILES string of the molecule is CC1O[C@@H](O[C@H]2CC[C@@]3(C)[C@H](CC[C@@H]4[C@@H]3CC[C@]3(C)[C@@H]([C@@H]5COC(=O)C5)CC[C@]43O)C2)C[C@H](O)[C@@H]1O[C@H]1C[C@H](O)[C@H](O[C@H]2C[C@H](O)[C@H](O)[C@@H](C)O2)[C@@H](C)O1. The fourth-order valence-electron chi connectivity index (χ4n) is 13.2. The Kier molecular flexibility index (Phi) is 11.1. The van der Waals surface area contributed by atoms with Crippen molar-refractivity contribution in [2.45, 2.75) is 204 Å². The molecule has 13 nitrogen and oxygen atoms in total. The topological polar surface area (TPSA) is 183 Å². The van der Waals surface area contributed by atoms with Gasteiger partial charge in [0, 0.05) is 25.2 Å². The van der Waals surface area contributed by atoms with E-state index in [9.17, 15) is 30.3 Å². The van der Waals surface area contributed by atoms with Crippen molar-refractivity contribution in [2.75, 3.05) is 6.61 Å². The van der Waals surface area contributed by atoms with Gasteiger partial charge in [0.2, 0.25) is 0 Å². The van der Waals surface area contributed by atoms with E-state index in [1.54, 1.807) is 13.8 Å². The molecule has 4 heterocycles. The Bertz CT molecular complexity index is 1320. The van der Waals surface area contributed by atoms with Crippen LogP contribution in [0.3, 0.4) is 0 Å². The average Bonchev–Trinajstić information content (AvgIpc) is 3.66. The van der Waals surface area contributed by atoms with Crippen LogP contribution in [0.2, 0.25) is 0 Å². The quantitative estimate of drug-likeness (QED) is 0.188. The third kappa shape index (κ3) is 6.90. The molecule has 0 bridgehead atoms. The van der Waals surface area contributed by atoms with E-state index in [-0.39, 0.29) is 54.0 Å². The van der Waals surface area contributed by atoms with Crippen molar-refractivity contribution >= 4 is 5.97 Å². The minimum Gasteiger partial charge on any atom is -0.465 e. The molecule has 5 N–H and O–H groups in total. The molecular formula is C41H66O13. The second kappa shape index (κ2) is 15.0. The van der Waals surface area contributed by atoms with Gasteiger partial charge in [-0.3, -0.25) is 4.79 Å². The van der Waals surface area contributed by atoms with Crippen molar-refractivity contribution in [1.29, 1.82) is 0 Å². The summed E-state index contributed by atoms with van der Waals surface area (Å²) in [6.07, 6.45) is 1.01.